The van der Waals surface area contributed by atoms with E-state index in [0.717, 1.165) is 5.56 Å². The van der Waals surface area contributed by atoms with Crippen LogP contribution in [0.4, 0.5) is 10.1 Å². The molecule has 2 aromatic carbocycles. The summed E-state index contributed by atoms with van der Waals surface area (Å²) in [6.07, 6.45) is 3.24. The predicted molar refractivity (Wildman–Crippen MR) is 122 cm³/mol. The second-order valence-electron chi connectivity index (χ2n) is 8.16. The Kier molecular flexibility index (Phi) is 6.89. The third-order valence-corrected chi connectivity index (χ3v) is 5.89. The zero-order valence-corrected chi connectivity index (χ0v) is 18.5. The van der Waals surface area contributed by atoms with E-state index in [-0.39, 0.29) is 29.7 Å². The number of amides is 2. The van der Waals surface area contributed by atoms with Gasteiger partial charge in [0.1, 0.15) is 5.82 Å². The van der Waals surface area contributed by atoms with Crippen LogP contribution in [0.2, 0.25) is 5.02 Å². The summed E-state index contributed by atoms with van der Waals surface area (Å²) in [5.41, 5.74) is 2.30. The summed E-state index contributed by atoms with van der Waals surface area (Å²) in [6.45, 7) is 4.46. The van der Waals surface area contributed by atoms with E-state index in [4.69, 9.17) is 16.3 Å². The molecule has 2 aromatic rings. The molecule has 6 nitrogen and oxygen atoms in total. The molecule has 2 unspecified atom stereocenters. The Hall–Kier alpha value is -2.74. The van der Waals surface area contributed by atoms with Gasteiger partial charge in [-0.15, -0.1) is 0 Å². The Morgan fingerprint density at radius 2 is 1.84 bits per heavy atom. The van der Waals surface area contributed by atoms with E-state index < -0.39 is 0 Å². The standard InChI is InChI=1S/C24H25ClFN3O3/c1-16(30)27-23-10-19(25)6-4-18(23)5-9-24(31)29-21-12-28(13-22(29)15-32-14-21)11-17-2-7-20(26)8-3-17/h2-10,21-22H,11-15H2,1H3,(H,27,30). The summed E-state index contributed by atoms with van der Waals surface area (Å²) in [7, 11) is 0. The van der Waals surface area contributed by atoms with Gasteiger partial charge in [-0.1, -0.05) is 29.8 Å². The molecule has 8 heteroatoms. The zero-order valence-electron chi connectivity index (χ0n) is 17.8. The highest BCUT2D eigenvalue weighted by molar-refractivity contribution is 6.31. The van der Waals surface area contributed by atoms with E-state index in [2.05, 4.69) is 10.2 Å². The number of nitrogens with one attached hydrogen (secondary N) is 1. The molecule has 2 amide bonds. The molecule has 2 aliphatic rings. The van der Waals surface area contributed by atoms with Crippen molar-refractivity contribution in [1.82, 2.24) is 9.80 Å². The molecule has 2 atom stereocenters. The van der Waals surface area contributed by atoms with Crippen molar-refractivity contribution >= 4 is 35.2 Å². The maximum atomic E-state index is 13.2. The summed E-state index contributed by atoms with van der Waals surface area (Å²) in [4.78, 5) is 28.8. The minimum absolute atomic E-state index is 0.0554. The molecule has 2 bridgehead atoms. The van der Waals surface area contributed by atoms with Crippen molar-refractivity contribution in [2.24, 2.45) is 0 Å². The number of carbonyl (C=O) groups excluding carboxylic acids is 2. The number of anilines is 1. The molecule has 4 rings (SSSR count). The van der Waals surface area contributed by atoms with Gasteiger partial charge < -0.3 is 15.0 Å². The highest BCUT2D eigenvalue weighted by Gasteiger charge is 2.40. The number of halogens is 2. The van der Waals surface area contributed by atoms with E-state index in [1.807, 2.05) is 4.90 Å². The lowest BCUT2D eigenvalue weighted by Crippen LogP contribution is -2.65. The fourth-order valence-corrected chi connectivity index (χ4v) is 4.48. The van der Waals surface area contributed by atoms with Gasteiger partial charge in [-0.3, -0.25) is 14.5 Å². The average molecular weight is 458 g/mol. The lowest BCUT2D eigenvalue weighted by molar-refractivity contribution is -0.150. The molecule has 0 radical (unpaired) electrons. The fourth-order valence-electron chi connectivity index (χ4n) is 4.31. The number of ether oxygens (including phenoxy) is 1. The van der Waals surface area contributed by atoms with Gasteiger partial charge in [-0.2, -0.15) is 0 Å². The number of benzene rings is 2. The number of hydrogen-bond acceptors (Lipinski definition) is 4. The van der Waals surface area contributed by atoms with Gasteiger partial charge in [0.15, 0.2) is 0 Å². The van der Waals surface area contributed by atoms with Crippen LogP contribution in [0.25, 0.3) is 6.08 Å². The van der Waals surface area contributed by atoms with Crippen LogP contribution in [0.15, 0.2) is 48.5 Å². The summed E-state index contributed by atoms with van der Waals surface area (Å²) >= 11 is 6.04. The Morgan fingerprint density at radius 1 is 1.16 bits per heavy atom. The monoisotopic (exact) mass is 457 g/mol. The van der Waals surface area contributed by atoms with E-state index in [0.29, 0.717) is 49.1 Å². The molecule has 1 N–H and O–H groups in total. The van der Waals surface area contributed by atoms with E-state index >= 15 is 0 Å². The molecule has 2 heterocycles. The maximum absolute atomic E-state index is 13.2. The maximum Gasteiger partial charge on any atom is 0.247 e. The van der Waals surface area contributed by atoms with Crippen LogP contribution >= 0.6 is 11.6 Å². The quantitative estimate of drug-likeness (QED) is 0.697. The Balaban J connectivity index is 1.45. The van der Waals surface area contributed by atoms with Crippen LogP contribution in [0, 0.1) is 5.82 Å². The van der Waals surface area contributed by atoms with Crippen LogP contribution < -0.4 is 5.32 Å². The summed E-state index contributed by atoms with van der Waals surface area (Å²) < 4.78 is 18.9. The SMILES string of the molecule is CC(=O)Nc1cc(Cl)ccc1C=CC(=O)N1C2COCC1CN(Cc1ccc(F)cc1)C2. The number of rotatable bonds is 5. The lowest BCUT2D eigenvalue weighted by atomic mass is 10.0. The Bertz CT molecular complexity index is 1010. The van der Waals surface area contributed by atoms with Gasteiger partial charge >= 0.3 is 0 Å². The van der Waals surface area contributed by atoms with Gasteiger partial charge in [-0.25, -0.2) is 4.39 Å². The second-order valence-corrected chi connectivity index (χ2v) is 8.59. The van der Waals surface area contributed by atoms with Gasteiger partial charge in [0.25, 0.3) is 0 Å². The molecule has 0 aliphatic carbocycles. The number of morpholine rings is 1. The Morgan fingerprint density at radius 3 is 2.50 bits per heavy atom. The Labute approximate surface area is 191 Å². The molecule has 0 aromatic heterocycles. The van der Waals surface area contributed by atoms with Crippen molar-refractivity contribution in [3.63, 3.8) is 0 Å². The summed E-state index contributed by atoms with van der Waals surface area (Å²) in [5, 5.41) is 3.24. The topological polar surface area (TPSA) is 61.9 Å². The predicted octanol–water partition coefficient (Wildman–Crippen LogP) is 3.56. The van der Waals surface area contributed by atoms with E-state index in [9.17, 15) is 14.0 Å². The van der Waals surface area contributed by atoms with Crippen LogP contribution in [0.3, 0.4) is 0 Å². The number of carbonyl (C=O) groups is 2. The fraction of sp³-hybridized carbons (Fsp3) is 0.333. The third kappa shape index (κ3) is 5.35. The van der Waals surface area contributed by atoms with E-state index in [1.165, 1.54) is 25.1 Å². The van der Waals surface area contributed by atoms with Crippen molar-refractivity contribution < 1.29 is 18.7 Å². The van der Waals surface area contributed by atoms with Crippen LogP contribution in [-0.4, -0.2) is 60.0 Å². The molecular formula is C24H25ClFN3O3. The zero-order chi connectivity index (χ0) is 22.7. The van der Waals surface area contributed by atoms with Gasteiger partial charge in [0.05, 0.1) is 25.3 Å². The van der Waals surface area contributed by atoms with Crippen LogP contribution in [-0.2, 0) is 20.9 Å². The minimum atomic E-state index is -0.247. The smallest absolute Gasteiger partial charge is 0.247 e. The summed E-state index contributed by atoms with van der Waals surface area (Å²) in [5.74, 6) is -0.547. The first kappa shape index (κ1) is 22.5. The molecule has 32 heavy (non-hydrogen) atoms. The van der Waals surface area contributed by atoms with E-state index in [1.54, 1.807) is 36.4 Å². The molecular weight excluding hydrogens is 433 g/mol. The number of nitrogens with zero attached hydrogens (tertiary/aromatic N) is 2. The highest BCUT2D eigenvalue weighted by atomic mass is 35.5. The van der Waals surface area contributed by atoms with Gasteiger partial charge in [-0.05, 0) is 41.5 Å². The first-order valence-electron chi connectivity index (χ1n) is 10.5. The molecule has 0 spiro atoms. The first-order valence-corrected chi connectivity index (χ1v) is 10.9. The second kappa shape index (κ2) is 9.81. The van der Waals surface area contributed by atoms with Crippen LogP contribution in [0.1, 0.15) is 18.1 Å². The number of fused-ring (bicyclic) bond motifs is 2. The van der Waals surface area contributed by atoms with Crippen LogP contribution in [0.5, 0.6) is 0 Å². The average Bonchev–Trinajstić information content (AvgIpc) is 2.73. The number of piperazine rings is 1. The van der Waals surface area contributed by atoms with Crippen molar-refractivity contribution in [2.45, 2.75) is 25.6 Å². The van der Waals surface area contributed by atoms with Gasteiger partial charge in [0.2, 0.25) is 11.8 Å². The molecule has 0 saturated carbocycles. The first-order chi connectivity index (χ1) is 15.4. The van der Waals surface area contributed by atoms with Crippen molar-refractivity contribution in [1.29, 1.82) is 0 Å². The van der Waals surface area contributed by atoms with Crippen molar-refractivity contribution in [2.75, 3.05) is 31.6 Å². The molecule has 2 saturated heterocycles. The molecule has 2 fully saturated rings. The molecule has 168 valence electrons. The number of hydrogen-bond donors (Lipinski definition) is 1. The largest absolute Gasteiger partial charge is 0.377 e. The summed E-state index contributed by atoms with van der Waals surface area (Å²) in [6, 6.07) is 11.5. The normalized spacial score (nSPS) is 21.0. The third-order valence-electron chi connectivity index (χ3n) is 5.65. The van der Waals surface area contributed by atoms with Gasteiger partial charge in [0, 0.05) is 43.3 Å². The van der Waals surface area contributed by atoms with Crippen molar-refractivity contribution in [3.8, 4) is 0 Å². The molecule has 2 aliphatic heterocycles. The highest BCUT2D eigenvalue weighted by Crippen LogP contribution is 2.25. The van der Waals surface area contributed by atoms with Crippen molar-refractivity contribution in [3.05, 3.63) is 70.5 Å². The minimum Gasteiger partial charge on any atom is -0.377 e. The lowest BCUT2D eigenvalue weighted by Gasteiger charge is -2.49.